The van der Waals surface area contributed by atoms with E-state index in [1.165, 1.54) is 5.56 Å². The van der Waals surface area contributed by atoms with Gasteiger partial charge in [-0.3, -0.25) is 4.98 Å². The predicted octanol–water partition coefficient (Wildman–Crippen LogP) is 2.05. The molecule has 2 heterocycles. The van der Waals surface area contributed by atoms with E-state index < -0.39 is 0 Å². The number of rotatable bonds is 4. The van der Waals surface area contributed by atoms with E-state index in [-0.39, 0.29) is 0 Å². The van der Waals surface area contributed by atoms with Gasteiger partial charge in [-0.2, -0.15) is 0 Å². The van der Waals surface area contributed by atoms with E-state index in [1.807, 2.05) is 32.3 Å². The van der Waals surface area contributed by atoms with Crippen molar-refractivity contribution in [3.63, 3.8) is 0 Å². The van der Waals surface area contributed by atoms with E-state index in [1.54, 1.807) is 12.4 Å². The van der Waals surface area contributed by atoms with E-state index in [4.69, 9.17) is 5.73 Å². The first-order valence-corrected chi connectivity index (χ1v) is 5.99. The van der Waals surface area contributed by atoms with Gasteiger partial charge in [0.15, 0.2) is 0 Å². The van der Waals surface area contributed by atoms with Crippen molar-refractivity contribution in [3.8, 4) is 0 Å². The van der Waals surface area contributed by atoms with Crippen molar-refractivity contribution in [3.05, 3.63) is 47.9 Å². The van der Waals surface area contributed by atoms with Crippen molar-refractivity contribution in [2.75, 3.05) is 24.2 Å². The van der Waals surface area contributed by atoms with Crippen molar-refractivity contribution < 1.29 is 0 Å². The minimum atomic E-state index is 0.705. The Hall–Kier alpha value is -2.10. The molecule has 18 heavy (non-hydrogen) atoms. The summed E-state index contributed by atoms with van der Waals surface area (Å²) in [7, 11) is 2.04. The Labute approximate surface area is 107 Å². The van der Waals surface area contributed by atoms with Crippen LogP contribution >= 0.6 is 0 Å². The highest BCUT2D eigenvalue weighted by atomic mass is 15.2. The van der Waals surface area contributed by atoms with Gasteiger partial charge in [0.2, 0.25) is 0 Å². The Balaban J connectivity index is 2.01. The first-order chi connectivity index (χ1) is 8.66. The average molecular weight is 242 g/mol. The zero-order valence-corrected chi connectivity index (χ0v) is 10.8. The van der Waals surface area contributed by atoms with Crippen molar-refractivity contribution in [2.24, 2.45) is 0 Å². The smallest absolute Gasteiger partial charge is 0.131 e. The van der Waals surface area contributed by atoms with E-state index >= 15 is 0 Å². The molecule has 0 unspecified atom stereocenters. The van der Waals surface area contributed by atoms with Gasteiger partial charge in [-0.25, -0.2) is 4.98 Å². The number of nitrogen functional groups attached to an aromatic ring is 1. The summed E-state index contributed by atoms with van der Waals surface area (Å²) >= 11 is 0. The predicted molar refractivity (Wildman–Crippen MR) is 74.6 cm³/mol. The number of nitrogens with two attached hydrogens (primary N) is 1. The van der Waals surface area contributed by atoms with Crippen LogP contribution in [0.3, 0.4) is 0 Å². The van der Waals surface area contributed by atoms with Gasteiger partial charge in [-0.15, -0.1) is 0 Å². The lowest BCUT2D eigenvalue weighted by Gasteiger charge is -2.20. The fourth-order valence-electron chi connectivity index (χ4n) is 1.94. The van der Waals surface area contributed by atoms with Crippen LogP contribution in [0.4, 0.5) is 11.5 Å². The maximum absolute atomic E-state index is 5.70. The Morgan fingerprint density at radius 2 is 2.17 bits per heavy atom. The summed E-state index contributed by atoms with van der Waals surface area (Å²) in [4.78, 5) is 10.6. The minimum absolute atomic E-state index is 0.705. The number of likely N-dealkylation sites (N-methyl/N-ethyl adjacent to an activating group) is 1. The van der Waals surface area contributed by atoms with Crippen molar-refractivity contribution in [2.45, 2.75) is 13.3 Å². The van der Waals surface area contributed by atoms with Gasteiger partial charge in [0.1, 0.15) is 5.82 Å². The first-order valence-electron chi connectivity index (χ1n) is 5.99. The Bertz CT molecular complexity index is 510. The molecule has 0 amide bonds. The Morgan fingerprint density at radius 1 is 1.33 bits per heavy atom. The van der Waals surface area contributed by atoms with Crippen LogP contribution in [0.1, 0.15) is 11.1 Å². The van der Waals surface area contributed by atoms with Crippen LogP contribution in [0.25, 0.3) is 0 Å². The molecule has 0 aromatic carbocycles. The molecule has 0 aliphatic carbocycles. The standard InChI is InChI=1S/C14H18N4/c1-11-8-13(15)10-17-14(11)18(2)7-5-12-4-3-6-16-9-12/h3-4,6,8-10H,5,7,15H2,1-2H3. The maximum Gasteiger partial charge on any atom is 0.131 e. The summed E-state index contributed by atoms with van der Waals surface area (Å²) in [6, 6.07) is 6.00. The molecule has 2 N–H and O–H groups in total. The number of pyridine rings is 2. The third-order valence-corrected chi connectivity index (χ3v) is 2.89. The van der Waals surface area contributed by atoms with E-state index in [2.05, 4.69) is 20.9 Å². The van der Waals surface area contributed by atoms with E-state index in [0.717, 1.165) is 24.3 Å². The molecule has 4 nitrogen and oxygen atoms in total. The molecule has 0 saturated heterocycles. The first kappa shape index (κ1) is 12.4. The number of aryl methyl sites for hydroxylation is 1. The second kappa shape index (κ2) is 5.49. The van der Waals surface area contributed by atoms with Crippen LogP contribution in [-0.2, 0) is 6.42 Å². The second-order valence-corrected chi connectivity index (χ2v) is 4.44. The van der Waals surface area contributed by atoms with Gasteiger partial charge in [-0.1, -0.05) is 6.07 Å². The summed E-state index contributed by atoms with van der Waals surface area (Å²) in [5.74, 6) is 0.980. The van der Waals surface area contributed by atoms with Crippen molar-refractivity contribution >= 4 is 11.5 Å². The third-order valence-electron chi connectivity index (χ3n) is 2.89. The van der Waals surface area contributed by atoms with Gasteiger partial charge >= 0.3 is 0 Å². The van der Waals surface area contributed by atoms with Crippen LogP contribution in [0.2, 0.25) is 0 Å². The topological polar surface area (TPSA) is 55.0 Å². The molecule has 0 radical (unpaired) electrons. The van der Waals surface area contributed by atoms with Gasteiger partial charge in [0.05, 0.1) is 11.9 Å². The number of nitrogens with zero attached hydrogens (tertiary/aromatic N) is 3. The third kappa shape index (κ3) is 2.97. The highest BCUT2D eigenvalue weighted by molar-refractivity contribution is 5.52. The molecule has 0 bridgehead atoms. The molecule has 0 spiro atoms. The second-order valence-electron chi connectivity index (χ2n) is 4.44. The van der Waals surface area contributed by atoms with Gasteiger partial charge in [0.25, 0.3) is 0 Å². The van der Waals surface area contributed by atoms with E-state index in [9.17, 15) is 0 Å². The SMILES string of the molecule is Cc1cc(N)cnc1N(C)CCc1cccnc1. The van der Waals surface area contributed by atoms with Crippen molar-refractivity contribution in [1.82, 2.24) is 9.97 Å². The minimum Gasteiger partial charge on any atom is -0.397 e. The molecule has 0 atom stereocenters. The highest BCUT2D eigenvalue weighted by Crippen LogP contribution is 2.17. The van der Waals surface area contributed by atoms with Gasteiger partial charge in [0, 0.05) is 26.0 Å². The van der Waals surface area contributed by atoms with Gasteiger partial charge in [-0.05, 0) is 36.6 Å². The molecule has 2 rings (SSSR count). The van der Waals surface area contributed by atoms with Crippen molar-refractivity contribution in [1.29, 1.82) is 0 Å². The largest absolute Gasteiger partial charge is 0.397 e. The average Bonchev–Trinajstić information content (AvgIpc) is 2.37. The summed E-state index contributed by atoms with van der Waals surface area (Å²) in [5, 5.41) is 0. The molecule has 2 aromatic heterocycles. The Morgan fingerprint density at radius 3 is 2.83 bits per heavy atom. The molecule has 0 saturated carbocycles. The van der Waals surface area contributed by atoms with Crippen LogP contribution < -0.4 is 10.6 Å². The number of anilines is 2. The lowest BCUT2D eigenvalue weighted by Crippen LogP contribution is -2.22. The molecule has 94 valence electrons. The maximum atomic E-state index is 5.70. The van der Waals surface area contributed by atoms with Crippen LogP contribution in [0, 0.1) is 6.92 Å². The van der Waals surface area contributed by atoms with Crippen LogP contribution in [0.15, 0.2) is 36.8 Å². The zero-order chi connectivity index (χ0) is 13.0. The molecule has 0 fully saturated rings. The monoisotopic (exact) mass is 242 g/mol. The van der Waals surface area contributed by atoms with E-state index in [0.29, 0.717) is 5.69 Å². The molecule has 2 aromatic rings. The lowest BCUT2D eigenvalue weighted by molar-refractivity contribution is 0.852. The summed E-state index contributed by atoms with van der Waals surface area (Å²) < 4.78 is 0. The van der Waals surface area contributed by atoms with Crippen LogP contribution in [-0.4, -0.2) is 23.6 Å². The lowest BCUT2D eigenvalue weighted by atomic mass is 10.2. The summed E-state index contributed by atoms with van der Waals surface area (Å²) in [5.41, 5.74) is 8.74. The number of aromatic nitrogens is 2. The van der Waals surface area contributed by atoms with Crippen LogP contribution in [0.5, 0.6) is 0 Å². The molecule has 0 aliphatic rings. The fourth-order valence-corrected chi connectivity index (χ4v) is 1.94. The molecule has 4 heteroatoms. The molecule has 0 aliphatic heterocycles. The molecular weight excluding hydrogens is 224 g/mol. The Kier molecular flexibility index (Phi) is 3.77. The summed E-state index contributed by atoms with van der Waals surface area (Å²) in [6.45, 7) is 2.93. The number of hydrogen-bond donors (Lipinski definition) is 1. The highest BCUT2D eigenvalue weighted by Gasteiger charge is 2.06. The quantitative estimate of drug-likeness (QED) is 0.891. The fraction of sp³-hybridized carbons (Fsp3) is 0.286. The number of hydrogen-bond acceptors (Lipinski definition) is 4. The zero-order valence-electron chi connectivity index (χ0n) is 10.8. The van der Waals surface area contributed by atoms with Gasteiger partial charge < -0.3 is 10.6 Å². The molecular formula is C14H18N4. The normalized spacial score (nSPS) is 10.3. The summed E-state index contributed by atoms with van der Waals surface area (Å²) in [6.07, 6.45) is 6.34.